The van der Waals surface area contributed by atoms with Crippen LogP contribution >= 0.6 is 11.8 Å². The first kappa shape index (κ1) is 17.7. The number of aryl methyl sites for hydroxylation is 1. The van der Waals surface area contributed by atoms with Gasteiger partial charge in [-0.1, -0.05) is 45.4 Å². The Morgan fingerprint density at radius 1 is 0.875 bits per heavy atom. The highest BCUT2D eigenvalue weighted by atomic mass is 32.2. The van der Waals surface area contributed by atoms with Crippen molar-refractivity contribution in [3.8, 4) is 0 Å². The van der Waals surface area contributed by atoms with Crippen LogP contribution in [0.2, 0.25) is 0 Å². The van der Waals surface area contributed by atoms with Gasteiger partial charge in [-0.3, -0.25) is 0 Å². The van der Waals surface area contributed by atoms with E-state index in [1.54, 1.807) is 12.1 Å². The summed E-state index contributed by atoms with van der Waals surface area (Å²) in [5.41, 5.74) is -3.23. The van der Waals surface area contributed by atoms with Gasteiger partial charge in [0.15, 0.2) is 0 Å². The SMILES string of the molecule is CC.CC.Cc1ccc(SC(F)(F)F)cc1. The first-order valence-electron chi connectivity index (χ1n) is 5.30. The number of halogens is 3. The van der Waals surface area contributed by atoms with E-state index in [0.29, 0.717) is 0 Å². The molecule has 0 saturated carbocycles. The molecular formula is C12H19F3S. The fourth-order valence-electron chi connectivity index (χ4n) is 0.740. The van der Waals surface area contributed by atoms with Crippen LogP contribution in [0.25, 0.3) is 0 Å². The van der Waals surface area contributed by atoms with E-state index < -0.39 is 5.51 Å². The Bertz CT molecular complexity index is 252. The van der Waals surface area contributed by atoms with Crippen LogP contribution in [0.5, 0.6) is 0 Å². The molecule has 0 N–H and O–H groups in total. The van der Waals surface area contributed by atoms with Gasteiger partial charge in [-0.05, 0) is 30.8 Å². The maximum atomic E-state index is 11.8. The molecule has 0 heterocycles. The summed E-state index contributed by atoms with van der Waals surface area (Å²) in [6.45, 7) is 9.84. The van der Waals surface area contributed by atoms with Crippen LogP contribution in [0.15, 0.2) is 29.2 Å². The van der Waals surface area contributed by atoms with E-state index in [0.717, 1.165) is 5.56 Å². The summed E-state index contributed by atoms with van der Waals surface area (Å²) in [5, 5.41) is 0. The van der Waals surface area contributed by atoms with Crippen molar-refractivity contribution in [2.75, 3.05) is 0 Å². The summed E-state index contributed by atoms with van der Waals surface area (Å²) in [5.74, 6) is 0. The molecule has 0 spiro atoms. The van der Waals surface area contributed by atoms with E-state index in [-0.39, 0.29) is 16.7 Å². The van der Waals surface area contributed by atoms with E-state index in [9.17, 15) is 13.2 Å². The molecule has 1 rings (SSSR count). The highest BCUT2D eigenvalue weighted by molar-refractivity contribution is 8.00. The highest BCUT2D eigenvalue weighted by Crippen LogP contribution is 2.36. The van der Waals surface area contributed by atoms with Crippen LogP contribution in [0, 0.1) is 6.92 Å². The zero-order chi connectivity index (χ0) is 13.2. The minimum absolute atomic E-state index is 0.0906. The van der Waals surface area contributed by atoms with E-state index in [2.05, 4.69) is 0 Å². The topological polar surface area (TPSA) is 0 Å². The van der Waals surface area contributed by atoms with Gasteiger partial charge in [-0.15, -0.1) is 0 Å². The molecule has 16 heavy (non-hydrogen) atoms. The standard InChI is InChI=1S/C8H7F3S.2C2H6/c1-6-2-4-7(5-3-6)12-8(9,10)11;2*1-2/h2-5H,1H3;2*1-2H3. The summed E-state index contributed by atoms with van der Waals surface area (Å²) in [6.07, 6.45) is 0. The predicted octanol–water partition coefficient (Wildman–Crippen LogP) is 5.66. The van der Waals surface area contributed by atoms with E-state index >= 15 is 0 Å². The van der Waals surface area contributed by atoms with Gasteiger partial charge < -0.3 is 0 Å². The molecule has 0 bridgehead atoms. The molecule has 0 nitrogen and oxygen atoms in total. The number of rotatable bonds is 1. The van der Waals surface area contributed by atoms with Gasteiger partial charge in [0.05, 0.1) is 0 Å². The number of thioether (sulfide) groups is 1. The van der Waals surface area contributed by atoms with Crippen LogP contribution in [-0.4, -0.2) is 5.51 Å². The molecule has 0 aromatic heterocycles. The fraction of sp³-hybridized carbons (Fsp3) is 0.500. The molecule has 1 aromatic carbocycles. The van der Waals surface area contributed by atoms with Crippen LogP contribution in [0.4, 0.5) is 13.2 Å². The predicted molar refractivity (Wildman–Crippen MR) is 65.8 cm³/mol. The summed E-state index contributed by atoms with van der Waals surface area (Å²) < 4.78 is 35.4. The molecule has 0 aliphatic heterocycles. The number of alkyl halides is 3. The molecule has 0 aliphatic carbocycles. The van der Waals surface area contributed by atoms with Crippen LogP contribution < -0.4 is 0 Å². The quantitative estimate of drug-likeness (QED) is 0.581. The highest BCUT2D eigenvalue weighted by Gasteiger charge is 2.28. The average Bonchev–Trinajstić information content (AvgIpc) is 2.25. The van der Waals surface area contributed by atoms with Gasteiger partial charge in [0.2, 0.25) is 0 Å². The lowest BCUT2D eigenvalue weighted by Crippen LogP contribution is -1.98. The van der Waals surface area contributed by atoms with Gasteiger partial charge in [0, 0.05) is 4.90 Å². The molecule has 94 valence electrons. The minimum atomic E-state index is -4.19. The number of hydrogen-bond acceptors (Lipinski definition) is 1. The number of hydrogen-bond donors (Lipinski definition) is 0. The zero-order valence-electron chi connectivity index (χ0n) is 10.4. The lowest BCUT2D eigenvalue weighted by Gasteiger charge is -2.04. The van der Waals surface area contributed by atoms with Crippen molar-refractivity contribution in [2.45, 2.75) is 45.0 Å². The molecule has 4 heteroatoms. The van der Waals surface area contributed by atoms with Crippen LogP contribution in [0.1, 0.15) is 33.3 Å². The first-order chi connectivity index (χ1) is 7.47. The van der Waals surface area contributed by atoms with E-state index in [1.807, 2.05) is 34.6 Å². The third-order valence-electron chi connectivity index (χ3n) is 1.25. The second-order valence-corrected chi connectivity index (χ2v) is 3.50. The largest absolute Gasteiger partial charge is 0.446 e. The first-order valence-corrected chi connectivity index (χ1v) is 6.11. The lowest BCUT2D eigenvalue weighted by atomic mass is 10.2. The third-order valence-corrected chi connectivity index (χ3v) is 1.99. The molecule has 0 fully saturated rings. The molecule has 0 aliphatic rings. The Kier molecular flexibility index (Phi) is 10.6. The van der Waals surface area contributed by atoms with Crippen molar-refractivity contribution in [3.05, 3.63) is 29.8 Å². The van der Waals surface area contributed by atoms with Gasteiger partial charge in [-0.25, -0.2) is 0 Å². The average molecular weight is 252 g/mol. The molecular weight excluding hydrogens is 233 g/mol. The summed E-state index contributed by atoms with van der Waals surface area (Å²) in [7, 11) is 0. The maximum absolute atomic E-state index is 11.8. The van der Waals surface area contributed by atoms with E-state index in [4.69, 9.17) is 0 Å². The molecule has 0 saturated heterocycles. The van der Waals surface area contributed by atoms with Gasteiger partial charge in [0.1, 0.15) is 0 Å². The summed E-state index contributed by atoms with van der Waals surface area (Å²) in [4.78, 5) is 0.230. The van der Waals surface area contributed by atoms with Crippen molar-refractivity contribution < 1.29 is 13.2 Å². The van der Waals surface area contributed by atoms with Crippen molar-refractivity contribution in [3.63, 3.8) is 0 Å². The van der Waals surface area contributed by atoms with Gasteiger partial charge in [-0.2, -0.15) is 13.2 Å². The van der Waals surface area contributed by atoms with Crippen LogP contribution in [0.3, 0.4) is 0 Å². The monoisotopic (exact) mass is 252 g/mol. The summed E-state index contributed by atoms with van der Waals surface area (Å²) in [6, 6.07) is 6.25. The lowest BCUT2D eigenvalue weighted by molar-refractivity contribution is -0.0328. The Balaban J connectivity index is 0. The second-order valence-electron chi connectivity index (χ2n) is 2.36. The Morgan fingerprint density at radius 2 is 1.25 bits per heavy atom. The Morgan fingerprint density at radius 3 is 1.56 bits per heavy atom. The van der Waals surface area contributed by atoms with Crippen molar-refractivity contribution in [1.82, 2.24) is 0 Å². The fourth-order valence-corrected chi connectivity index (χ4v) is 1.28. The molecule has 0 atom stereocenters. The molecule has 0 unspecified atom stereocenters. The normalized spacial score (nSPS) is 9.50. The molecule has 1 aromatic rings. The molecule has 0 radical (unpaired) electrons. The Labute approximate surface area is 100 Å². The van der Waals surface area contributed by atoms with Gasteiger partial charge in [0.25, 0.3) is 0 Å². The Hall–Kier alpha value is -0.640. The third kappa shape index (κ3) is 9.90. The van der Waals surface area contributed by atoms with Gasteiger partial charge >= 0.3 is 5.51 Å². The summed E-state index contributed by atoms with van der Waals surface area (Å²) >= 11 is -0.0906. The number of benzene rings is 1. The van der Waals surface area contributed by atoms with Crippen molar-refractivity contribution >= 4 is 11.8 Å². The second kappa shape index (κ2) is 9.58. The molecule has 0 amide bonds. The minimum Gasteiger partial charge on any atom is -0.160 e. The van der Waals surface area contributed by atoms with Crippen molar-refractivity contribution in [2.24, 2.45) is 0 Å². The van der Waals surface area contributed by atoms with E-state index in [1.165, 1.54) is 12.1 Å². The van der Waals surface area contributed by atoms with Crippen molar-refractivity contribution in [1.29, 1.82) is 0 Å². The van der Waals surface area contributed by atoms with Crippen LogP contribution in [-0.2, 0) is 0 Å². The maximum Gasteiger partial charge on any atom is 0.446 e. The zero-order valence-corrected chi connectivity index (χ0v) is 11.2. The smallest absolute Gasteiger partial charge is 0.160 e.